The van der Waals surface area contributed by atoms with Gasteiger partial charge in [-0.2, -0.15) is 0 Å². The number of hydrogen-bond acceptors (Lipinski definition) is 3. The SMILES string of the molecule is C=CCNC(=O)COc1ccc2c(c1)[C@@H](N)CCC2. The second-order valence-corrected chi connectivity index (χ2v) is 4.74. The zero-order chi connectivity index (χ0) is 13.7. The van der Waals surface area contributed by atoms with Gasteiger partial charge in [0.25, 0.3) is 5.91 Å². The van der Waals surface area contributed by atoms with Crippen molar-refractivity contribution in [2.24, 2.45) is 5.73 Å². The minimum absolute atomic E-state index is 0.0157. The van der Waals surface area contributed by atoms with E-state index < -0.39 is 0 Å². The van der Waals surface area contributed by atoms with E-state index in [1.807, 2.05) is 18.2 Å². The number of carbonyl (C=O) groups excluding carboxylic acids is 1. The van der Waals surface area contributed by atoms with Crippen LogP contribution in [0.15, 0.2) is 30.9 Å². The van der Waals surface area contributed by atoms with Crippen molar-refractivity contribution >= 4 is 5.91 Å². The highest BCUT2D eigenvalue weighted by Crippen LogP contribution is 2.30. The van der Waals surface area contributed by atoms with Gasteiger partial charge in [-0.25, -0.2) is 0 Å². The number of ether oxygens (including phenoxy) is 1. The van der Waals surface area contributed by atoms with E-state index in [1.54, 1.807) is 6.08 Å². The molecule has 1 amide bonds. The average Bonchev–Trinajstić information content (AvgIpc) is 2.43. The summed E-state index contributed by atoms with van der Waals surface area (Å²) in [7, 11) is 0. The van der Waals surface area contributed by atoms with Crippen LogP contribution >= 0.6 is 0 Å². The van der Waals surface area contributed by atoms with Crippen molar-refractivity contribution in [3.05, 3.63) is 42.0 Å². The first-order valence-electron chi connectivity index (χ1n) is 6.59. The molecule has 1 aromatic carbocycles. The third kappa shape index (κ3) is 3.58. The van der Waals surface area contributed by atoms with Gasteiger partial charge in [-0.3, -0.25) is 4.79 Å². The van der Waals surface area contributed by atoms with E-state index in [4.69, 9.17) is 10.5 Å². The number of hydrogen-bond donors (Lipinski definition) is 2. The van der Waals surface area contributed by atoms with Crippen LogP contribution in [0.4, 0.5) is 0 Å². The van der Waals surface area contributed by atoms with Crippen molar-refractivity contribution < 1.29 is 9.53 Å². The van der Waals surface area contributed by atoms with Crippen molar-refractivity contribution in [1.82, 2.24) is 5.32 Å². The maximum atomic E-state index is 11.4. The van der Waals surface area contributed by atoms with Gasteiger partial charge in [-0.15, -0.1) is 6.58 Å². The molecule has 4 heteroatoms. The molecular weight excluding hydrogens is 240 g/mol. The van der Waals surface area contributed by atoms with Gasteiger partial charge in [0.1, 0.15) is 5.75 Å². The summed E-state index contributed by atoms with van der Waals surface area (Å²) in [6.45, 7) is 4.01. The van der Waals surface area contributed by atoms with Crippen molar-refractivity contribution in [1.29, 1.82) is 0 Å². The van der Waals surface area contributed by atoms with Gasteiger partial charge in [0.2, 0.25) is 0 Å². The summed E-state index contributed by atoms with van der Waals surface area (Å²) >= 11 is 0. The third-order valence-corrected chi connectivity index (χ3v) is 3.29. The molecule has 1 aromatic rings. The largest absolute Gasteiger partial charge is 0.484 e. The fourth-order valence-corrected chi connectivity index (χ4v) is 2.29. The lowest BCUT2D eigenvalue weighted by atomic mass is 9.88. The van der Waals surface area contributed by atoms with Crippen LogP contribution in [0.3, 0.4) is 0 Å². The molecule has 102 valence electrons. The van der Waals surface area contributed by atoms with Gasteiger partial charge in [0.05, 0.1) is 0 Å². The Balaban J connectivity index is 1.96. The minimum Gasteiger partial charge on any atom is -0.484 e. The van der Waals surface area contributed by atoms with Crippen LogP contribution in [0.25, 0.3) is 0 Å². The van der Waals surface area contributed by atoms with Crippen LogP contribution < -0.4 is 15.8 Å². The van der Waals surface area contributed by atoms with Crippen molar-refractivity contribution in [2.45, 2.75) is 25.3 Å². The molecule has 19 heavy (non-hydrogen) atoms. The molecule has 1 aliphatic carbocycles. The zero-order valence-electron chi connectivity index (χ0n) is 11.0. The van der Waals surface area contributed by atoms with E-state index in [0.717, 1.165) is 24.8 Å². The molecule has 2 rings (SSSR count). The predicted octanol–water partition coefficient (Wildman–Crippen LogP) is 1.70. The highest BCUT2D eigenvalue weighted by molar-refractivity contribution is 5.77. The molecule has 0 aliphatic heterocycles. The monoisotopic (exact) mass is 260 g/mol. The van der Waals surface area contributed by atoms with E-state index in [1.165, 1.54) is 5.56 Å². The van der Waals surface area contributed by atoms with E-state index in [0.29, 0.717) is 12.3 Å². The lowest BCUT2D eigenvalue weighted by molar-refractivity contribution is -0.122. The summed E-state index contributed by atoms with van der Waals surface area (Å²) in [6.07, 6.45) is 4.85. The molecular formula is C15H20N2O2. The summed E-state index contributed by atoms with van der Waals surface area (Å²) in [5.41, 5.74) is 8.53. The Kier molecular flexibility index (Phi) is 4.58. The van der Waals surface area contributed by atoms with E-state index in [-0.39, 0.29) is 18.6 Å². The molecule has 0 bridgehead atoms. The van der Waals surface area contributed by atoms with Crippen LogP contribution in [0.2, 0.25) is 0 Å². The summed E-state index contributed by atoms with van der Waals surface area (Å²) in [6, 6.07) is 5.99. The lowest BCUT2D eigenvalue weighted by Crippen LogP contribution is -2.28. The van der Waals surface area contributed by atoms with Crippen LogP contribution in [-0.2, 0) is 11.2 Å². The number of carbonyl (C=O) groups is 1. The molecule has 1 atom stereocenters. The predicted molar refractivity (Wildman–Crippen MR) is 75.0 cm³/mol. The van der Waals surface area contributed by atoms with E-state index in [2.05, 4.69) is 11.9 Å². The fourth-order valence-electron chi connectivity index (χ4n) is 2.29. The van der Waals surface area contributed by atoms with E-state index >= 15 is 0 Å². The standard InChI is InChI=1S/C15H20N2O2/c1-2-8-17-15(18)10-19-12-7-6-11-4-3-5-14(16)13(11)9-12/h2,6-7,9,14H,1,3-5,8,10,16H2,(H,17,18)/t14-/m0/s1. The molecule has 0 saturated carbocycles. The normalized spacial score (nSPS) is 17.4. The Labute approximate surface area is 113 Å². The number of amides is 1. The van der Waals surface area contributed by atoms with Crippen LogP contribution in [0, 0.1) is 0 Å². The summed E-state index contributed by atoms with van der Waals surface area (Å²) in [5, 5.41) is 2.67. The minimum atomic E-state index is -0.151. The molecule has 0 saturated heterocycles. The second-order valence-electron chi connectivity index (χ2n) is 4.74. The Bertz CT molecular complexity index is 471. The van der Waals surface area contributed by atoms with Crippen LogP contribution in [-0.4, -0.2) is 19.1 Å². The van der Waals surface area contributed by atoms with Crippen LogP contribution in [0.5, 0.6) is 5.75 Å². The van der Waals surface area contributed by atoms with Crippen molar-refractivity contribution in [2.75, 3.05) is 13.2 Å². The maximum absolute atomic E-state index is 11.4. The average molecular weight is 260 g/mol. The smallest absolute Gasteiger partial charge is 0.258 e. The Morgan fingerprint density at radius 2 is 2.42 bits per heavy atom. The lowest BCUT2D eigenvalue weighted by Gasteiger charge is -2.22. The highest BCUT2D eigenvalue weighted by atomic mass is 16.5. The summed E-state index contributed by atoms with van der Waals surface area (Å²) in [4.78, 5) is 11.4. The van der Waals surface area contributed by atoms with Gasteiger partial charge in [0, 0.05) is 12.6 Å². The molecule has 0 fully saturated rings. The van der Waals surface area contributed by atoms with Crippen LogP contribution in [0.1, 0.15) is 30.0 Å². The molecule has 1 aliphatic rings. The first kappa shape index (κ1) is 13.6. The number of rotatable bonds is 5. The number of benzene rings is 1. The number of nitrogens with one attached hydrogen (secondary N) is 1. The maximum Gasteiger partial charge on any atom is 0.258 e. The third-order valence-electron chi connectivity index (χ3n) is 3.29. The molecule has 3 N–H and O–H groups in total. The van der Waals surface area contributed by atoms with Gasteiger partial charge in [-0.1, -0.05) is 12.1 Å². The molecule has 0 unspecified atom stereocenters. The van der Waals surface area contributed by atoms with Gasteiger partial charge >= 0.3 is 0 Å². The zero-order valence-corrected chi connectivity index (χ0v) is 11.0. The molecule has 0 spiro atoms. The van der Waals surface area contributed by atoms with E-state index in [9.17, 15) is 4.79 Å². The number of nitrogens with two attached hydrogens (primary N) is 1. The molecule has 0 radical (unpaired) electrons. The summed E-state index contributed by atoms with van der Waals surface area (Å²) < 4.78 is 5.48. The molecule has 4 nitrogen and oxygen atoms in total. The molecule has 0 aromatic heterocycles. The summed E-state index contributed by atoms with van der Waals surface area (Å²) in [5.74, 6) is 0.548. The van der Waals surface area contributed by atoms with Crippen molar-refractivity contribution in [3.63, 3.8) is 0 Å². The fraction of sp³-hybridized carbons (Fsp3) is 0.400. The Hall–Kier alpha value is -1.81. The Morgan fingerprint density at radius 1 is 1.58 bits per heavy atom. The van der Waals surface area contributed by atoms with Crippen molar-refractivity contribution in [3.8, 4) is 5.75 Å². The first-order chi connectivity index (χ1) is 9.20. The highest BCUT2D eigenvalue weighted by Gasteiger charge is 2.17. The number of aryl methyl sites for hydroxylation is 1. The quantitative estimate of drug-likeness (QED) is 0.792. The number of fused-ring (bicyclic) bond motifs is 1. The first-order valence-corrected chi connectivity index (χ1v) is 6.59. The second kappa shape index (κ2) is 6.38. The Morgan fingerprint density at radius 3 is 3.21 bits per heavy atom. The van der Waals surface area contributed by atoms with Gasteiger partial charge in [-0.05, 0) is 42.5 Å². The van der Waals surface area contributed by atoms with Gasteiger partial charge < -0.3 is 15.8 Å². The topological polar surface area (TPSA) is 64.3 Å². The molecule has 0 heterocycles. The van der Waals surface area contributed by atoms with Gasteiger partial charge in [0.15, 0.2) is 6.61 Å².